The Hall–Kier alpha value is -1.52. The molecule has 0 saturated carbocycles. The molecule has 5 heteroatoms. The molecule has 0 atom stereocenters. The van der Waals surface area contributed by atoms with Gasteiger partial charge < -0.3 is 10.0 Å². The summed E-state index contributed by atoms with van der Waals surface area (Å²) in [5, 5.41) is 9.23. The molecule has 0 unspecified atom stereocenters. The highest BCUT2D eigenvalue weighted by atomic mass is 35.5. The molecule has 1 heterocycles. The van der Waals surface area contributed by atoms with E-state index in [1.807, 2.05) is 18.2 Å². The van der Waals surface area contributed by atoms with Gasteiger partial charge in [-0.25, -0.2) is 4.79 Å². The van der Waals surface area contributed by atoms with Crippen LogP contribution in [0.15, 0.2) is 24.3 Å². The maximum atomic E-state index is 10.6. The summed E-state index contributed by atoms with van der Waals surface area (Å²) in [5.41, 5.74) is 1.91. The van der Waals surface area contributed by atoms with Gasteiger partial charge in [-0.2, -0.15) is 0 Å². The number of aliphatic carboxylic acids is 1. The third-order valence-electron chi connectivity index (χ3n) is 4.07. The van der Waals surface area contributed by atoms with Crippen LogP contribution in [-0.2, 0) is 4.79 Å². The van der Waals surface area contributed by atoms with E-state index in [0.29, 0.717) is 5.02 Å². The summed E-state index contributed by atoms with van der Waals surface area (Å²) >= 11 is 6.25. The molecule has 1 fully saturated rings. The number of rotatable bonds is 3. The van der Waals surface area contributed by atoms with Crippen molar-refractivity contribution in [3.63, 3.8) is 0 Å². The lowest BCUT2D eigenvalue weighted by Crippen LogP contribution is -2.57. The summed E-state index contributed by atoms with van der Waals surface area (Å²) in [4.78, 5) is 15.2. The van der Waals surface area contributed by atoms with Crippen molar-refractivity contribution < 1.29 is 9.90 Å². The zero-order chi connectivity index (χ0) is 15.6. The summed E-state index contributed by atoms with van der Waals surface area (Å²) in [6.45, 7) is 7.35. The van der Waals surface area contributed by atoms with E-state index in [1.54, 1.807) is 0 Å². The average molecular weight is 309 g/mol. The van der Waals surface area contributed by atoms with Crippen molar-refractivity contribution in [3.8, 4) is 0 Å². The molecule has 0 aromatic heterocycles. The molecule has 2 rings (SSSR count). The lowest BCUT2D eigenvalue weighted by molar-refractivity contribution is -0.131. The molecular formula is C16H21ClN2O2. The predicted molar refractivity (Wildman–Crippen MR) is 87.0 cm³/mol. The summed E-state index contributed by atoms with van der Waals surface area (Å²) in [6, 6.07) is 5.77. The van der Waals surface area contributed by atoms with Crippen LogP contribution < -0.4 is 4.90 Å². The molecule has 1 aromatic rings. The van der Waals surface area contributed by atoms with Gasteiger partial charge in [-0.05, 0) is 44.7 Å². The van der Waals surface area contributed by atoms with Crippen molar-refractivity contribution in [3.05, 3.63) is 34.9 Å². The van der Waals surface area contributed by atoms with E-state index in [0.717, 1.165) is 37.0 Å². The van der Waals surface area contributed by atoms with E-state index in [2.05, 4.69) is 30.7 Å². The van der Waals surface area contributed by atoms with Crippen LogP contribution in [0.5, 0.6) is 0 Å². The molecule has 0 bridgehead atoms. The van der Waals surface area contributed by atoms with Crippen molar-refractivity contribution in [2.75, 3.05) is 31.6 Å². The van der Waals surface area contributed by atoms with Gasteiger partial charge in [0.2, 0.25) is 0 Å². The van der Waals surface area contributed by atoms with Crippen molar-refractivity contribution in [2.24, 2.45) is 0 Å². The minimum Gasteiger partial charge on any atom is -0.478 e. The van der Waals surface area contributed by atoms with Crippen LogP contribution >= 0.6 is 11.6 Å². The molecule has 0 radical (unpaired) electrons. The van der Waals surface area contributed by atoms with Crippen LogP contribution in [0.2, 0.25) is 5.02 Å². The standard InChI is InChI=1S/C16H21ClN2O2/c1-16(2)11-19(9-8-18(16)3)13-6-4-12(14(17)10-13)5-7-15(20)21/h4-7,10H,8-9,11H2,1-3H3,(H,20,21)/b7-5+. The number of anilines is 1. The van der Waals surface area contributed by atoms with Gasteiger partial charge >= 0.3 is 5.97 Å². The number of nitrogens with zero attached hydrogens (tertiary/aromatic N) is 2. The van der Waals surface area contributed by atoms with E-state index in [9.17, 15) is 4.79 Å². The van der Waals surface area contributed by atoms with Crippen LogP contribution in [0.1, 0.15) is 19.4 Å². The van der Waals surface area contributed by atoms with Gasteiger partial charge in [-0.1, -0.05) is 17.7 Å². The zero-order valence-corrected chi connectivity index (χ0v) is 13.4. The average Bonchev–Trinajstić information content (AvgIpc) is 2.40. The summed E-state index contributed by atoms with van der Waals surface area (Å²) < 4.78 is 0. The number of hydrogen-bond donors (Lipinski definition) is 1. The van der Waals surface area contributed by atoms with Crippen LogP contribution in [-0.4, -0.2) is 48.2 Å². The predicted octanol–water partition coefficient (Wildman–Crippen LogP) is 2.97. The Bertz CT molecular complexity index is 569. The Morgan fingerprint density at radius 2 is 2.10 bits per heavy atom. The van der Waals surface area contributed by atoms with Crippen molar-refractivity contribution in [2.45, 2.75) is 19.4 Å². The van der Waals surface area contributed by atoms with Gasteiger partial charge in [-0.3, -0.25) is 4.90 Å². The minimum absolute atomic E-state index is 0.118. The number of carboxylic acid groups (broad SMARTS) is 1. The van der Waals surface area contributed by atoms with Gasteiger partial charge in [0.05, 0.1) is 0 Å². The Kier molecular flexibility index (Phi) is 4.59. The third kappa shape index (κ3) is 3.77. The van der Waals surface area contributed by atoms with Gasteiger partial charge in [0.15, 0.2) is 0 Å². The zero-order valence-electron chi connectivity index (χ0n) is 12.6. The SMILES string of the molecule is CN1CCN(c2ccc(/C=C/C(=O)O)c(Cl)c2)CC1(C)C. The normalized spacial score (nSPS) is 19.1. The number of hydrogen-bond acceptors (Lipinski definition) is 3. The fourth-order valence-electron chi connectivity index (χ4n) is 2.47. The van der Waals surface area contributed by atoms with Gasteiger partial charge in [0.25, 0.3) is 0 Å². The van der Waals surface area contributed by atoms with Crippen LogP contribution in [0.4, 0.5) is 5.69 Å². The smallest absolute Gasteiger partial charge is 0.328 e. The summed E-state index contributed by atoms with van der Waals surface area (Å²) in [5.74, 6) is -0.976. The molecule has 0 spiro atoms. The number of carbonyl (C=O) groups is 1. The topological polar surface area (TPSA) is 43.8 Å². The molecule has 1 aliphatic heterocycles. The van der Waals surface area contributed by atoms with Crippen molar-refractivity contribution in [1.29, 1.82) is 0 Å². The van der Waals surface area contributed by atoms with Crippen molar-refractivity contribution in [1.82, 2.24) is 4.90 Å². The molecule has 0 amide bonds. The number of halogens is 1. The second-order valence-electron chi connectivity index (χ2n) is 6.03. The van der Waals surface area contributed by atoms with Gasteiger partial charge in [0.1, 0.15) is 0 Å². The van der Waals surface area contributed by atoms with E-state index >= 15 is 0 Å². The van der Waals surface area contributed by atoms with Crippen LogP contribution in [0.3, 0.4) is 0 Å². The molecule has 1 aromatic carbocycles. The number of benzene rings is 1. The lowest BCUT2D eigenvalue weighted by atomic mass is 9.99. The van der Waals surface area contributed by atoms with E-state index in [4.69, 9.17) is 16.7 Å². The first-order valence-electron chi connectivity index (χ1n) is 6.96. The highest BCUT2D eigenvalue weighted by Gasteiger charge is 2.31. The largest absolute Gasteiger partial charge is 0.478 e. The monoisotopic (exact) mass is 308 g/mol. The second kappa shape index (κ2) is 6.08. The number of likely N-dealkylation sites (N-methyl/N-ethyl adjacent to an activating group) is 1. The fraction of sp³-hybridized carbons (Fsp3) is 0.438. The minimum atomic E-state index is -0.976. The fourth-order valence-corrected chi connectivity index (χ4v) is 2.71. The number of carboxylic acids is 1. The molecular weight excluding hydrogens is 288 g/mol. The Labute approximate surface area is 130 Å². The molecule has 21 heavy (non-hydrogen) atoms. The van der Waals surface area contributed by atoms with E-state index < -0.39 is 5.97 Å². The molecule has 4 nitrogen and oxygen atoms in total. The first kappa shape index (κ1) is 15.9. The second-order valence-corrected chi connectivity index (χ2v) is 6.44. The number of piperazine rings is 1. The van der Waals surface area contributed by atoms with Gasteiger partial charge in [0, 0.05) is 42.0 Å². The van der Waals surface area contributed by atoms with Crippen LogP contribution in [0.25, 0.3) is 6.08 Å². The summed E-state index contributed by atoms with van der Waals surface area (Å²) in [6.07, 6.45) is 2.61. The van der Waals surface area contributed by atoms with Crippen LogP contribution in [0, 0.1) is 0 Å². The van der Waals surface area contributed by atoms with Crippen molar-refractivity contribution >= 4 is 29.3 Å². The maximum absolute atomic E-state index is 10.6. The Morgan fingerprint density at radius 1 is 1.38 bits per heavy atom. The molecule has 1 saturated heterocycles. The van der Waals surface area contributed by atoms with E-state index in [1.165, 1.54) is 6.08 Å². The maximum Gasteiger partial charge on any atom is 0.328 e. The Balaban J connectivity index is 2.19. The molecule has 0 aliphatic carbocycles. The lowest BCUT2D eigenvalue weighted by Gasteiger charge is -2.46. The highest BCUT2D eigenvalue weighted by Crippen LogP contribution is 2.28. The molecule has 1 aliphatic rings. The Morgan fingerprint density at radius 3 is 2.67 bits per heavy atom. The first-order valence-corrected chi connectivity index (χ1v) is 7.34. The third-order valence-corrected chi connectivity index (χ3v) is 4.40. The summed E-state index contributed by atoms with van der Waals surface area (Å²) in [7, 11) is 2.14. The molecule has 1 N–H and O–H groups in total. The van der Waals surface area contributed by atoms with Gasteiger partial charge in [-0.15, -0.1) is 0 Å². The van der Waals surface area contributed by atoms with E-state index in [-0.39, 0.29) is 5.54 Å². The highest BCUT2D eigenvalue weighted by molar-refractivity contribution is 6.32. The quantitative estimate of drug-likeness (QED) is 0.872. The first-order chi connectivity index (χ1) is 9.79. The molecule has 114 valence electrons.